The molecule has 1 fully saturated rings. The van der Waals surface area contributed by atoms with Crippen LogP contribution < -0.4 is 0 Å². The second kappa shape index (κ2) is 2.70. The van der Waals surface area contributed by atoms with Crippen molar-refractivity contribution in [2.45, 2.75) is 25.7 Å². The normalized spacial score (nSPS) is 23.0. The predicted molar refractivity (Wildman–Crippen MR) is 32.0 cm³/mol. The zero-order valence-electron chi connectivity index (χ0n) is 4.80. The summed E-state index contributed by atoms with van der Waals surface area (Å²) in [6.07, 6.45) is 6.35. The van der Waals surface area contributed by atoms with E-state index in [2.05, 4.69) is 5.16 Å². The maximum Gasteiger partial charge on any atom is 0.0506 e. The average Bonchev–Trinajstić information content (AvgIpc) is 2.19. The summed E-state index contributed by atoms with van der Waals surface area (Å²) >= 11 is 0. The Morgan fingerprint density at radius 3 is 2.50 bits per heavy atom. The highest BCUT2D eigenvalue weighted by atomic mass is 16.4. The molecule has 2 nitrogen and oxygen atoms in total. The SMILES string of the molecule is O/N=C/[C]1CCCC1. The van der Waals surface area contributed by atoms with Gasteiger partial charge in [-0.15, -0.1) is 5.16 Å². The van der Waals surface area contributed by atoms with E-state index in [1.807, 2.05) is 0 Å². The third-order valence-corrected chi connectivity index (χ3v) is 1.49. The molecule has 0 atom stereocenters. The first kappa shape index (κ1) is 5.60. The van der Waals surface area contributed by atoms with Gasteiger partial charge >= 0.3 is 0 Å². The zero-order chi connectivity index (χ0) is 5.82. The molecule has 0 aromatic rings. The monoisotopic (exact) mass is 112 g/mol. The van der Waals surface area contributed by atoms with Gasteiger partial charge in [0.1, 0.15) is 0 Å². The number of rotatable bonds is 1. The molecule has 1 radical (unpaired) electrons. The molecule has 2 heteroatoms. The minimum Gasteiger partial charge on any atom is -0.411 e. The lowest BCUT2D eigenvalue weighted by Crippen LogP contribution is -1.89. The Hall–Kier alpha value is -0.530. The summed E-state index contributed by atoms with van der Waals surface area (Å²) in [6.45, 7) is 0. The van der Waals surface area contributed by atoms with Crippen molar-refractivity contribution in [1.29, 1.82) is 0 Å². The van der Waals surface area contributed by atoms with Crippen LogP contribution in [0.15, 0.2) is 5.16 Å². The summed E-state index contributed by atoms with van der Waals surface area (Å²) in [5.74, 6) is 1.28. The van der Waals surface area contributed by atoms with Crippen LogP contribution in [-0.2, 0) is 0 Å². The van der Waals surface area contributed by atoms with Gasteiger partial charge < -0.3 is 5.21 Å². The lowest BCUT2D eigenvalue weighted by Gasteiger charge is -1.93. The van der Waals surface area contributed by atoms with Gasteiger partial charge in [0.25, 0.3) is 0 Å². The lowest BCUT2D eigenvalue weighted by atomic mass is 10.1. The molecule has 0 spiro atoms. The average molecular weight is 112 g/mol. The summed E-state index contributed by atoms with van der Waals surface area (Å²) in [5, 5.41) is 11.0. The van der Waals surface area contributed by atoms with Crippen molar-refractivity contribution >= 4 is 6.21 Å². The molecule has 0 aromatic heterocycles. The highest BCUT2D eigenvalue weighted by Crippen LogP contribution is 2.24. The smallest absolute Gasteiger partial charge is 0.0506 e. The summed E-state index contributed by atoms with van der Waals surface area (Å²) in [6, 6.07) is 0. The fourth-order valence-electron chi connectivity index (χ4n) is 1.04. The molecule has 0 aromatic carbocycles. The summed E-state index contributed by atoms with van der Waals surface area (Å²) in [4.78, 5) is 0. The fourth-order valence-corrected chi connectivity index (χ4v) is 1.04. The Morgan fingerprint density at radius 1 is 1.38 bits per heavy atom. The summed E-state index contributed by atoms with van der Waals surface area (Å²) in [7, 11) is 0. The van der Waals surface area contributed by atoms with E-state index >= 15 is 0 Å². The molecule has 0 unspecified atom stereocenters. The van der Waals surface area contributed by atoms with Gasteiger partial charge in [-0.3, -0.25) is 0 Å². The van der Waals surface area contributed by atoms with Crippen LogP contribution in [0.1, 0.15) is 25.7 Å². The van der Waals surface area contributed by atoms with Crippen molar-refractivity contribution < 1.29 is 5.21 Å². The van der Waals surface area contributed by atoms with Gasteiger partial charge in [-0.2, -0.15) is 0 Å². The number of hydrogen-bond acceptors (Lipinski definition) is 2. The molecule has 8 heavy (non-hydrogen) atoms. The Morgan fingerprint density at radius 2 is 2.00 bits per heavy atom. The van der Waals surface area contributed by atoms with Crippen LogP contribution in [0.2, 0.25) is 0 Å². The predicted octanol–water partition coefficient (Wildman–Crippen LogP) is 1.59. The van der Waals surface area contributed by atoms with E-state index in [-0.39, 0.29) is 0 Å². The minimum absolute atomic E-state index is 1.13. The molecule has 1 aliphatic carbocycles. The number of nitrogens with zero attached hydrogens (tertiary/aromatic N) is 1. The van der Waals surface area contributed by atoms with E-state index in [9.17, 15) is 0 Å². The van der Waals surface area contributed by atoms with Gasteiger partial charge in [-0.1, -0.05) is 12.8 Å². The Labute approximate surface area is 49.2 Å². The van der Waals surface area contributed by atoms with E-state index in [0.717, 1.165) is 12.8 Å². The van der Waals surface area contributed by atoms with Crippen molar-refractivity contribution in [1.82, 2.24) is 0 Å². The van der Waals surface area contributed by atoms with Crippen LogP contribution in [0.5, 0.6) is 0 Å². The quantitative estimate of drug-likeness (QED) is 0.312. The number of hydrogen-bond donors (Lipinski definition) is 1. The molecule has 0 amide bonds. The van der Waals surface area contributed by atoms with Crippen molar-refractivity contribution in [3.8, 4) is 0 Å². The largest absolute Gasteiger partial charge is 0.411 e. The summed E-state index contributed by atoms with van der Waals surface area (Å²) < 4.78 is 0. The van der Waals surface area contributed by atoms with Gasteiger partial charge in [0.2, 0.25) is 0 Å². The first-order chi connectivity index (χ1) is 3.93. The molecule has 45 valence electrons. The fraction of sp³-hybridized carbons (Fsp3) is 0.667. The highest BCUT2D eigenvalue weighted by Gasteiger charge is 2.12. The van der Waals surface area contributed by atoms with Crippen molar-refractivity contribution in [2.24, 2.45) is 5.16 Å². The standard InChI is InChI=1S/C6H10NO/c8-7-5-6-3-1-2-4-6/h5,8H,1-4H2/b7-5+. The van der Waals surface area contributed by atoms with E-state index in [0.29, 0.717) is 0 Å². The van der Waals surface area contributed by atoms with Crippen LogP contribution in [0.25, 0.3) is 0 Å². The van der Waals surface area contributed by atoms with Gasteiger partial charge in [0, 0.05) is 5.92 Å². The van der Waals surface area contributed by atoms with Crippen molar-refractivity contribution in [2.75, 3.05) is 0 Å². The van der Waals surface area contributed by atoms with Crippen LogP contribution >= 0.6 is 0 Å². The zero-order valence-corrected chi connectivity index (χ0v) is 4.80. The molecule has 0 aliphatic heterocycles. The third kappa shape index (κ3) is 1.22. The molecule has 0 heterocycles. The van der Waals surface area contributed by atoms with Crippen LogP contribution in [0.4, 0.5) is 0 Å². The Kier molecular flexibility index (Phi) is 1.89. The maximum atomic E-state index is 8.08. The Bertz CT molecular complexity index is 84.5. The van der Waals surface area contributed by atoms with Gasteiger partial charge in [-0.25, -0.2) is 0 Å². The second-order valence-corrected chi connectivity index (χ2v) is 2.11. The molecular formula is C6H10NO. The Balaban J connectivity index is 2.24. The maximum absolute atomic E-state index is 8.08. The second-order valence-electron chi connectivity index (χ2n) is 2.11. The van der Waals surface area contributed by atoms with Crippen molar-refractivity contribution in [3.63, 3.8) is 0 Å². The first-order valence-electron chi connectivity index (χ1n) is 2.95. The van der Waals surface area contributed by atoms with E-state index < -0.39 is 0 Å². The van der Waals surface area contributed by atoms with E-state index in [4.69, 9.17) is 5.21 Å². The first-order valence-corrected chi connectivity index (χ1v) is 2.95. The lowest BCUT2D eigenvalue weighted by molar-refractivity contribution is 0.321. The molecule has 0 bridgehead atoms. The van der Waals surface area contributed by atoms with Gasteiger partial charge in [0.15, 0.2) is 0 Å². The summed E-state index contributed by atoms with van der Waals surface area (Å²) in [5.41, 5.74) is 0. The molecule has 1 saturated carbocycles. The number of oxime groups is 1. The van der Waals surface area contributed by atoms with Gasteiger partial charge in [0.05, 0.1) is 6.21 Å². The van der Waals surface area contributed by atoms with E-state index in [1.54, 1.807) is 6.21 Å². The molecule has 0 saturated heterocycles. The van der Waals surface area contributed by atoms with Crippen LogP contribution in [0.3, 0.4) is 0 Å². The third-order valence-electron chi connectivity index (χ3n) is 1.49. The topological polar surface area (TPSA) is 32.6 Å². The molecule has 1 rings (SSSR count). The van der Waals surface area contributed by atoms with Crippen LogP contribution in [-0.4, -0.2) is 11.4 Å². The molecular weight excluding hydrogens is 102 g/mol. The highest BCUT2D eigenvalue weighted by molar-refractivity contribution is 5.73. The molecule has 1 aliphatic rings. The van der Waals surface area contributed by atoms with E-state index in [1.165, 1.54) is 18.8 Å². The van der Waals surface area contributed by atoms with Crippen LogP contribution in [0, 0.1) is 5.92 Å². The molecule has 1 N–H and O–H groups in total. The van der Waals surface area contributed by atoms with Crippen molar-refractivity contribution in [3.05, 3.63) is 5.92 Å². The van der Waals surface area contributed by atoms with Gasteiger partial charge in [-0.05, 0) is 12.8 Å². The minimum atomic E-state index is 1.13.